The summed E-state index contributed by atoms with van der Waals surface area (Å²) in [5, 5.41) is 11.6. The number of hydrogen-bond acceptors (Lipinski definition) is 8. The van der Waals surface area contributed by atoms with E-state index in [4.69, 9.17) is 21.3 Å². The lowest BCUT2D eigenvalue weighted by Gasteiger charge is -2.26. The van der Waals surface area contributed by atoms with Crippen molar-refractivity contribution in [1.29, 1.82) is 0 Å². The molecule has 3 N–H and O–H groups in total. The molecular formula is C24H25ClFN7O3S. The number of aromatic amines is 1. The minimum absolute atomic E-state index is 0.119. The predicted octanol–water partition coefficient (Wildman–Crippen LogP) is 3.67. The zero-order valence-electron chi connectivity index (χ0n) is 20.0. The summed E-state index contributed by atoms with van der Waals surface area (Å²) >= 11 is 5.85. The van der Waals surface area contributed by atoms with Crippen molar-refractivity contribution in [3.8, 4) is 11.4 Å². The van der Waals surface area contributed by atoms with E-state index in [1.165, 1.54) is 6.07 Å². The van der Waals surface area contributed by atoms with Gasteiger partial charge >= 0.3 is 0 Å². The van der Waals surface area contributed by atoms with E-state index in [0.717, 1.165) is 56.1 Å². The number of aryl methyl sites for hydroxylation is 1. The molecule has 0 radical (unpaired) electrons. The quantitative estimate of drug-likeness (QED) is 0.306. The lowest BCUT2D eigenvalue weighted by Crippen LogP contribution is -2.39. The molecule has 2 aromatic heterocycles. The van der Waals surface area contributed by atoms with Crippen molar-refractivity contribution in [1.82, 2.24) is 25.1 Å². The van der Waals surface area contributed by atoms with Crippen molar-refractivity contribution in [2.75, 3.05) is 49.4 Å². The largest absolute Gasteiger partial charge is 0.379 e. The van der Waals surface area contributed by atoms with Crippen LogP contribution in [0.5, 0.6) is 0 Å². The third-order valence-corrected chi connectivity index (χ3v) is 7.63. The second-order valence-corrected chi connectivity index (χ2v) is 10.7. The highest BCUT2D eigenvalue weighted by molar-refractivity contribution is 7.92. The minimum atomic E-state index is -4.17. The van der Waals surface area contributed by atoms with Crippen LogP contribution >= 0.6 is 11.6 Å². The molecule has 10 nitrogen and oxygen atoms in total. The van der Waals surface area contributed by atoms with E-state index in [9.17, 15) is 12.8 Å². The van der Waals surface area contributed by atoms with Gasteiger partial charge in [0.1, 0.15) is 16.5 Å². The van der Waals surface area contributed by atoms with Gasteiger partial charge in [-0.2, -0.15) is 5.10 Å². The SMILES string of the molecule is Cc1n[nH]c2nc(-c3ccc(NS(=O)(=O)c4cc(Cl)ccc4F)cc3)nc(NCCN3CCOCC3)c12. The molecule has 1 fully saturated rings. The zero-order valence-corrected chi connectivity index (χ0v) is 21.5. The van der Waals surface area contributed by atoms with Crippen LogP contribution in [0.25, 0.3) is 22.4 Å². The van der Waals surface area contributed by atoms with Gasteiger partial charge in [0.05, 0.1) is 24.3 Å². The standard InChI is InChI=1S/C24H25ClFN7O3S/c1-15-21-23(27-8-9-33-10-12-36-13-11-33)28-22(29-24(21)31-30-15)16-2-5-18(6-3-16)32-37(34,35)20-14-17(25)4-7-19(20)26/h2-7,14,32H,8-13H2,1H3,(H2,27,28,29,30,31). The molecule has 194 valence electrons. The number of halogens is 2. The topological polar surface area (TPSA) is 125 Å². The highest BCUT2D eigenvalue weighted by atomic mass is 35.5. The molecule has 0 unspecified atom stereocenters. The van der Waals surface area contributed by atoms with Crippen LogP contribution in [0.1, 0.15) is 5.69 Å². The normalized spacial score (nSPS) is 14.7. The number of nitrogens with one attached hydrogen (secondary N) is 3. The summed E-state index contributed by atoms with van der Waals surface area (Å²) in [5.41, 5.74) is 2.30. The maximum atomic E-state index is 14.1. The van der Waals surface area contributed by atoms with Gasteiger partial charge in [0, 0.05) is 42.5 Å². The van der Waals surface area contributed by atoms with Crippen LogP contribution < -0.4 is 10.0 Å². The molecule has 1 saturated heterocycles. The van der Waals surface area contributed by atoms with Crippen molar-refractivity contribution in [3.05, 3.63) is 59.0 Å². The number of rotatable bonds is 8. The lowest BCUT2D eigenvalue weighted by atomic mass is 10.2. The number of sulfonamides is 1. The van der Waals surface area contributed by atoms with E-state index in [1.807, 2.05) is 6.92 Å². The van der Waals surface area contributed by atoms with Crippen LogP contribution in [0.3, 0.4) is 0 Å². The fourth-order valence-corrected chi connectivity index (χ4v) is 5.47. The van der Waals surface area contributed by atoms with Crippen molar-refractivity contribution >= 4 is 44.2 Å². The molecule has 1 aliphatic heterocycles. The number of anilines is 2. The summed E-state index contributed by atoms with van der Waals surface area (Å²) in [5.74, 6) is 0.222. The van der Waals surface area contributed by atoms with Crippen LogP contribution in [0.4, 0.5) is 15.9 Å². The number of morpholine rings is 1. The molecule has 37 heavy (non-hydrogen) atoms. The van der Waals surface area contributed by atoms with Gasteiger partial charge < -0.3 is 10.1 Å². The Balaban J connectivity index is 1.36. The average Bonchev–Trinajstić information content (AvgIpc) is 3.27. The lowest BCUT2D eigenvalue weighted by molar-refractivity contribution is 0.0398. The Morgan fingerprint density at radius 3 is 2.65 bits per heavy atom. The maximum absolute atomic E-state index is 14.1. The van der Waals surface area contributed by atoms with Gasteiger partial charge in [0.2, 0.25) is 0 Å². The van der Waals surface area contributed by atoms with Crippen LogP contribution in [0.2, 0.25) is 5.02 Å². The van der Waals surface area contributed by atoms with Crippen LogP contribution in [-0.2, 0) is 14.8 Å². The molecule has 0 saturated carbocycles. The van der Waals surface area contributed by atoms with Crippen molar-refractivity contribution in [2.24, 2.45) is 0 Å². The summed E-state index contributed by atoms with van der Waals surface area (Å²) in [4.78, 5) is 11.1. The van der Waals surface area contributed by atoms with E-state index in [1.54, 1.807) is 24.3 Å². The highest BCUT2D eigenvalue weighted by Crippen LogP contribution is 2.28. The Labute approximate surface area is 218 Å². The van der Waals surface area contributed by atoms with Crippen molar-refractivity contribution in [2.45, 2.75) is 11.8 Å². The summed E-state index contributed by atoms with van der Waals surface area (Å²) in [6.45, 7) is 6.71. The Morgan fingerprint density at radius 2 is 1.89 bits per heavy atom. The molecule has 0 spiro atoms. The third kappa shape index (κ3) is 5.67. The molecule has 13 heteroatoms. The first-order valence-electron chi connectivity index (χ1n) is 11.7. The number of fused-ring (bicyclic) bond motifs is 1. The fourth-order valence-electron chi connectivity index (χ4n) is 4.07. The van der Waals surface area contributed by atoms with E-state index in [0.29, 0.717) is 29.4 Å². The highest BCUT2D eigenvalue weighted by Gasteiger charge is 2.20. The summed E-state index contributed by atoms with van der Waals surface area (Å²) in [6.07, 6.45) is 0. The molecule has 0 aliphatic carbocycles. The molecule has 4 aromatic rings. The Kier molecular flexibility index (Phi) is 7.24. The molecule has 0 bridgehead atoms. The number of hydrogen-bond donors (Lipinski definition) is 3. The van der Waals surface area contributed by atoms with Crippen LogP contribution in [-0.4, -0.2) is 72.9 Å². The van der Waals surface area contributed by atoms with Gasteiger partial charge in [-0.1, -0.05) is 11.6 Å². The Hall–Kier alpha value is -3.32. The first-order chi connectivity index (χ1) is 17.8. The number of benzene rings is 2. The fraction of sp³-hybridized carbons (Fsp3) is 0.292. The molecule has 5 rings (SSSR count). The Bertz CT molecular complexity index is 1520. The van der Waals surface area contributed by atoms with Gasteiger partial charge in [-0.15, -0.1) is 0 Å². The average molecular weight is 546 g/mol. The summed E-state index contributed by atoms with van der Waals surface area (Å²) < 4.78 is 47.2. The monoisotopic (exact) mass is 545 g/mol. The number of ether oxygens (including phenoxy) is 1. The van der Waals surface area contributed by atoms with Crippen molar-refractivity contribution < 1.29 is 17.5 Å². The van der Waals surface area contributed by atoms with E-state index < -0.39 is 20.7 Å². The van der Waals surface area contributed by atoms with Gasteiger partial charge in [0.25, 0.3) is 10.0 Å². The third-order valence-electron chi connectivity index (χ3n) is 6.00. The van der Waals surface area contributed by atoms with Crippen LogP contribution in [0.15, 0.2) is 47.4 Å². The van der Waals surface area contributed by atoms with Gasteiger partial charge in [-0.3, -0.25) is 14.7 Å². The first kappa shape index (κ1) is 25.3. The molecule has 0 amide bonds. The van der Waals surface area contributed by atoms with Crippen LogP contribution in [0, 0.1) is 12.7 Å². The first-order valence-corrected chi connectivity index (χ1v) is 13.5. The second-order valence-electron chi connectivity index (χ2n) is 8.57. The molecule has 0 atom stereocenters. The molecular weight excluding hydrogens is 521 g/mol. The molecule has 2 aromatic carbocycles. The number of nitrogens with zero attached hydrogens (tertiary/aromatic N) is 4. The predicted molar refractivity (Wildman–Crippen MR) is 140 cm³/mol. The smallest absolute Gasteiger partial charge is 0.264 e. The van der Waals surface area contributed by atoms with Crippen molar-refractivity contribution in [3.63, 3.8) is 0 Å². The maximum Gasteiger partial charge on any atom is 0.264 e. The van der Waals surface area contributed by atoms with E-state index in [-0.39, 0.29) is 10.7 Å². The zero-order chi connectivity index (χ0) is 26.0. The molecule has 3 heterocycles. The number of aromatic nitrogens is 4. The summed E-state index contributed by atoms with van der Waals surface area (Å²) in [6, 6.07) is 9.86. The van der Waals surface area contributed by atoms with Gasteiger partial charge in [-0.05, 0) is 49.4 Å². The van der Waals surface area contributed by atoms with Gasteiger partial charge in [-0.25, -0.2) is 22.8 Å². The second kappa shape index (κ2) is 10.6. The molecule has 1 aliphatic rings. The Morgan fingerprint density at radius 1 is 1.14 bits per heavy atom. The number of H-pyrrole nitrogens is 1. The van der Waals surface area contributed by atoms with E-state index in [2.05, 4.69) is 30.1 Å². The minimum Gasteiger partial charge on any atom is -0.379 e. The van der Waals surface area contributed by atoms with E-state index >= 15 is 0 Å². The summed E-state index contributed by atoms with van der Waals surface area (Å²) in [7, 11) is -4.17. The van der Waals surface area contributed by atoms with Gasteiger partial charge in [0.15, 0.2) is 11.5 Å².